The lowest BCUT2D eigenvalue weighted by molar-refractivity contribution is 0.394. The number of piperidine rings is 1. The van der Waals surface area contributed by atoms with Crippen molar-refractivity contribution in [2.45, 2.75) is 12.8 Å². The monoisotopic (exact) mass is 414 g/mol. The summed E-state index contributed by atoms with van der Waals surface area (Å²) in [5, 5.41) is 4.13. The maximum Gasteiger partial charge on any atom is 0.173 e. The number of thiocarbonyl (C=S) groups is 1. The van der Waals surface area contributed by atoms with E-state index in [9.17, 15) is 0 Å². The van der Waals surface area contributed by atoms with Crippen molar-refractivity contribution >= 4 is 28.6 Å². The predicted octanol–water partition coefficient (Wildman–Crippen LogP) is 5.99. The van der Waals surface area contributed by atoms with Gasteiger partial charge in [0.2, 0.25) is 0 Å². The largest absolute Gasteiger partial charge is 0.497 e. The molecule has 4 rings (SSSR count). The highest BCUT2D eigenvalue weighted by atomic mass is 32.1. The number of methoxy groups -OCH3 is 1. The van der Waals surface area contributed by atoms with E-state index in [2.05, 4.69) is 70.9 Å². The molecule has 1 N–H and O–H groups in total. The predicted molar refractivity (Wildman–Crippen MR) is 129 cm³/mol. The lowest BCUT2D eigenvalue weighted by Crippen LogP contribution is -2.39. The van der Waals surface area contributed by atoms with Crippen molar-refractivity contribution in [2.75, 3.05) is 25.5 Å². The highest BCUT2D eigenvalue weighted by Gasteiger charge is 2.20. The topological polar surface area (TPSA) is 24.5 Å². The van der Waals surface area contributed by atoms with Crippen LogP contribution in [0.2, 0.25) is 0 Å². The highest BCUT2D eigenvalue weighted by Crippen LogP contribution is 2.32. The van der Waals surface area contributed by atoms with Crippen LogP contribution in [0, 0.1) is 0 Å². The number of likely N-dealkylation sites (tertiary alicyclic amines) is 1. The van der Waals surface area contributed by atoms with Crippen LogP contribution in [-0.2, 0) is 0 Å². The standard InChI is InChI=1S/C26H26N2OS/c1-29-24-14-12-23(13-15-24)27-26(30)28-18-16-22(17-19-28)25(20-8-4-2-5-9-20)21-10-6-3-7-11-21/h2-15H,16-19H2,1H3,(H,27,30). The van der Waals surface area contributed by atoms with E-state index in [0.717, 1.165) is 42.5 Å². The molecule has 1 aliphatic heterocycles. The van der Waals surface area contributed by atoms with Crippen LogP contribution in [0.1, 0.15) is 24.0 Å². The molecule has 0 atom stereocenters. The average Bonchev–Trinajstić information content (AvgIpc) is 2.81. The summed E-state index contributed by atoms with van der Waals surface area (Å²) in [6, 6.07) is 29.3. The fraction of sp³-hybridized carbons (Fsp3) is 0.192. The molecule has 1 saturated heterocycles. The third kappa shape index (κ3) is 4.71. The van der Waals surface area contributed by atoms with Gasteiger partial charge in [-0.1, -0.05) is 66.2 Å². The van der Waals surface area contributed by atoms with Crippen molar-refractivity contribution in [2.24, 2.45) is 0 Å². The molecule has 1 aliphatic rings. The number of hydrogen-bond donors (Lipinski definition) is 1. The minimum Gasteiger partial charge on any atom is -0.497 e. The van der Waals surface area contributed by atoms with Crippen LogP contribution in [-0.4, -0.2) is 30.2 Å². The second-order valence-electron chi connectivity index (χ2n) is 7.36. The zero-order valence-corrected chi connectivity index (χ0v) is 18.0. The molecule has 0 aromatic heterocycles. The Kier molecular flexibility index (Phi) is 6.45. The molecule has 0 spiro atoms. The van der Waals surface area contributed by atoms with Crippen LogP contribution >= 0.6 is 12.2 Å². The summed E-state index contributed by atoms with van der Waals surface area (Å²) in [6.07, 6.45) is 2.01. The van der Waals surface area contributed by atoms with Gasteiger partial charge in [-0.25, -0.2) is 0 Å². The summed E-state index contributed by atoms with van der Waals surface area (Å²) in [4.78, 5) is 2.26. The Hall–Kier alpha value is -3.11. The van der Waals surface area contributed by atoms with Gasteiger partial charge in [0.15, 0.2) is 5.11 Å². The van der Waals surface area contributed by atoms with E-state index in [-0.39, 0.29) is 0 Å². The highest BCUT2D eigenvalue weighted by molar-refractivity contribution is 7.80. The minimum atomic E-state index is 0.778. The second kappa shape index (κ2) is 9.59. The van der Waals surface area contributed by atoms with Crippen molar-refractivity contribution in [1.82, 2.24) is 4.90 Å². The Morgan fingerprint density at radius 1 is 0.800 bits per heavy atom. The summed E-state index contributed by atoms with van der Waals surface area (Å²) in [6.45, 7) is 1.83. The van der Waals surface area contributed by atoms with Crippen molar-refractivity contribution < 1.29 is 4.74 Å². The molecule has 152 valence electrons. The van der Waals surface area contributed by atoms with Gasteiger partial charge < -0.3 is 15.0 Å². The van der Waals surface area contributed by atoms with E-state index >= 15 is 0 Å². The van der Waals surface area contributed by atoms with Gasteiger partial charge in [-0.2, -0.15) is 0 Å². The maximum atomic E-state index is 5.68. The van der Waals surface area contributed by atoms with E-state index < -0.39 is 0 Å². The second-order valence-corrected chi connectivity index (χ2v) is 7.74. The van der Waals surface area contributed by atoms with Gasteiger partial charge >= 0.3 is 0 Å². The first-order valence-corrected chi connectivity index (χ1v) is 10.7. The number of hydrogen-bond acceptors (Lipinski definition) is 2. The van der Waals surface area contributed by atoms with Crippen LogP contribution in [0.5, 0.6) is 5.75 Å². The number of benzene rings is 3. The van der Waals surface area contributed by atoms with Crippen LogP contribution in [0.25, 0.3) is 5.57 Å². The smallest absolute Gasteiger partial charge is 0.173 e. The van der Waals surface area contributed by atoms with Crippen LogP contribution in [0.15, 0.2) is 90.5 Å². The third-order valence-electron chi connectivity index (χ3n) is 5.47. The number of anilines is 1. The van der Waals surface area contributed by atoms with Gasteiger partial charge in [0.05, 0.1) is 7.11 Å². The summed E-state index contributed by atoms with van der Waals surface area (Å²) in [7, 11) is 1.67. The normalized spacial score (nSPS) is 13.6. The van der Waals surface area contributed by atoms with Crippen molar-refractivity contribution in [1.29, 1.82) is 0 Å². The average molecular weight is 415 g/mol. The summed E-state index contributed by atoms with van der Waals surface area (Å²) < 4.78 is 5.22. The Morgan fingerprint density at radius 3 is 1.83 bits per heavy atom. The van der Waals surface area contributed by atoms with Crippen LogP contribution < -0.4 is 10.1 Å². The molecule has 0 unspecified atom stereocenters. The minimum absolute atomic E-state index is 0.778. The lowest BCUT2D eigenvalue weighted by Gasteiger charge is -2.32. The van der Waals surface area contributed by atoms with E-state index in [1.165, 1.54) is 22.3 Å². The van der Waals surface area contributed by atoms with Gasteiger partial charge in [0, 0.05) is 18.8 Å². The maximum absolute atomic E-state index is 5.68. The molecule has 0 aliphatic carbocycles. The fourth-order valence-corrected chi connectivity index (χ4v) is 4.19. The van der Waals surface area contributed by atoms with Gasteiger partial charge in [0.25, 0.3) is 0 Å². The Bertz CT molecular complexity index is 962. The molecule has 30 heavy (non-hydrogen) atoms. The zero-order valence-electron chi connectivity index (χ0n) is 17.2. The summed E-state index contributed by atoms with van der Waals surface area (Å²) in [5.74, 6) is 0.841. The van der Waals surface area contributed by atoms with Crippen molar-refractivity contribution in [3.8, 4) is 5.75 Å². The molecule has 0 saturated carbocycles. The Labute approximate surface area is 184 Å². The molecular formula is C26H26N2OS. The number of nitrogens with zero attached hydrogens (tertiary/aromatic N) is 1. The third-order valence-corrected chi connectivity index (χ3v) is 5.83. The first-order chi connectivity index (χ1) is 14.7. The number of ether oxygens (including phenoxy) is 1. The van der Waals surface area contributed by atoms with Crippen molar-refractivity contribution in [3.63, 3.8) is 0 Å². The quantitative estimate of drug-likeness (QED) is 0.530. The molecule has 0 bridgehead atoms. The SMILES string of the molecule is COc1ccc(NC(=S)N2CCC(=C(c3ccccc3)c3ccccc3)CC2)cc1. The van der Waals surface area contributed by atoms with E-state index in [1.54, 1.807) is 7.11 Å². The van der Waals surface area contributed by atoms with Crippen molar-refractivity contribution in [3.05, 3.63) is 102 Å². The van der Waals surface area contributed by atoms with E-state index in [1.807, 2.05) is 24.3 Å². The van der Waals surface area contributed by atoms with Crippen LogP contribution in [0.3, 0.4) is 0 Å². The molecule has 3 aromatic rings. The van der Waals surface area contributed by atoms with Gasteiger partial charge in [0.1, 0.15) is 5.75 Å². The molecule has 3 nitrogen and oxygen atoms in total. The summed E-state index contributed by atoms with van der Waals surface area (Å²) >= 11 is 5.68. The molecule has 1 heterocycles. The Morgan fingerprint density at radius 2 is 1.33 bits per heavy atom. The number of nitrogens with one attached hydrogen (secondary N) is 1. The number of rotatable bonds is 4. The summed E-state index contributed by atoms with van der Waals surface area (Å²) in [5.41, 5.74) is 6.41. The lowest BCUT2D eigenvalue weighted by atomic mass is 9.88. The first kappa shape index (κ1) is 20.2. The molecule has 3 aromatic carbocycles. The molecule has 1 fully saturated rings. The molecular weight excluding hydrogens is 388 g/mol. The fourth-order valence-electron chi connectivity index (χ4n) is 3.89. The first-order valence-electron chi connectivity index (χ1n) is 10.3. The molecule has 0 amide bonds. The van der Waals surface area contributed by atoms with E-state index in [4.69, 9.17) is 17.0 Å². The molecule has 4 heteroatoms. The van der Waals surface area contributed by atoms with Gasteiger partial charge in [-0.05, 0) is 66.0 Å². The van der Waals surface area contributed by atoms with Gasteiger partial charge in [-0.3, -0.25) is 0 Å². The Balaban J connectivity index is 1.49. The van der Waals surface area contributed by atoms with Gasteiger partial charge in [-0.15, -0.1) is 0 Å². The van der Waals surface area contributed by atoms with Crippen LogP contribution in [0.4, 0.5) is 5.69 Å². The molecule has 0 radical (unpaired) electrons. The van der Waals surface area contributed by atoms with E-state index in [0.29, 0.717) is 0 Å². The zero-order chi connectivity index (χ0) is 20.8.